The van der Waals surface area contributed by atoms with E-state index in [0.29, 0.717) is 13.2 Å². The van der Waals surface area contributed by atoms with Crippen LogP contribution in [-0.2, 0) is 9.53 Å². The Kier molecular flexibility index (Phi) is 5.46. The number of carbonyl (C=O) groups is 1. The molecule has 3 rings (SSSR count). The molecule has 1 unspecified atom stereocenters. The number of hydrogen-bond acceptors (Lipinski definition) is 4. The zero-order valence-corrected chi connectivity index (χ0v) is 13.6. The summed E-state index contributed by atoms with van der Waals surface area (Å²) < 4.78 is 5.32. The van der Waals surface area contributed by atoms with Gasteiger partial charge in [0.25, 0.3) is 0 Å². The van der Waals surface area contributed by atoms with Crippen LogP contribution in [0.4, 0.5) is 17.1 Å². The van der Waals surface area contributed by atoms with E-state index in [4.69, 9.17) is 10.5 Å². The van der Waals surface area contributed by atoms with Crippen molar-refractivity contribution in [1.29, 1.82) is 0 Å². The van der Waals surface area contributed by atoms with Crippen LogP contribution in [0.5, 0.6) is 0 Å². The number of rotatable bonds is 5. The molecule has 0 radical (unpaired) electrons. The number of carbonyl (C=O) groups excluding carboxylic acids is 1. The summed E-state index contributed by atoms with van der Waals surface area (Å²) in [6.07, 6.45) is 1.68. The fourth-order valence-electron chi connectivity index (χ4n) is 2.84. The number of hydrogen-bond donors (Lipinski definition) is 3. The molecule has 1 amide bonds. The summed E-state index contributed by atoms with van der Waals surface area (Å²) in [5.74, 6) is 0.0587. The van der Waals surface area contributed by atoms with Crippen molar-refractivity contribution < 1.29 is 9.53 Å². The highest BCUT2D eigenvalue weighted by atomic mass is 16.5. The number of benzene rings is 2. The van der Waals surface area contributed by atoms with Gasteiger partial charge in [0.1, 0.15) is 0 Å². The highest BCUT2D eigenvalue weighted by Gasteiger charge is 2.26. The molecule has 4 N–H and O–H groups in total. The van der Waals surface area contributed by atoms with Gasteiger partial charge in [-0.15, -0.1) is 0 Å². The molecule has 126 valence electrons. The van der Waals surface area contributed by atoms with Crippen molar-refractivity contribution in [3.05, 3.63) is 54.6 Å². The predicted octanol–water partition coefficient (Wildman–Crippen LogP) is 3.12. The summed E-state index contributed by atoms with van der Waals surface area (Å²) in [7, 11) is 0. The summed E-state index contributed by atoms with van der Waals surface area (Å²) in [6.45, 7) is 1.37. The summed E-state index contributed by atoms with van der Waals surface area (Å²) in [5.41, 5.74) is 8.83. The Balaban J connectivity index is 1.56. The average molecular weight is 325 g/mol. The molecule has 1 heterocycles. The maximum atomic E-state index is 12.3. The Bertz CT molecular complexity index is 652. The van der Waals surface area contributed by atoms with Crippen molar-refractivity contribution in [1.82, 2.24) is 0 Å². The number of para-hydroxylation sites is 1. The monoisotopic (exact) mass is 325 g/mol. The van der Waals surface area contributed by atoms with Crippen molar-refractivity contribution >= 4 is 23.0 Å². The molecule has 0 aromatic heterocycles. The summed E-state index contributed by atoms with van der Waals surface area (Å²) in [4.78, 5) is 12.3. The molecule has 0 saturated carbocycles. The van der Waals surface area contributed by atoms with Crippen LogP contribution < -0.4 is 16.4 Å². The van der Waals surface area contributed by atoms with Gasteiger partial charge in [0.15, 0.2) is 0 Å². The standard InChI is InChI=1S/C19H23N3O2/c20-18(14-10-12-24-13-11-14)19(23)22-17-8-6-16(7-9-17)21-15-4-2-1-3-5-15/h1-9,14,18,21H,10-13,20H2,(H,22,23). The van der Waals surface area contributed by atoms with E-state index in [2.05, 4.69) is 10.6 Å². The molecule has 1 saturated heterocycles. The van der Waals surface area contributed by atoms with E-state index in [0.717, 1.165) is 29.9 Å². The lowest BCUT2D eigenvalue weighted by molar-refractivity contribution is -0.119. The van der Waals surface area contributed by atoms with Crippen molar-refractivity contribution in [2.45, 2.75) is 18.9 Å². The second-order valence-corrected chi connectivity index (χ2v) is 6.03. The lowest BCUT2D eigenvalue weighted by Gasteiger charge is -2.26. The Hall–Kier alpha value is -2.37. The van der Waals surface area contributed by atoms with Gasteiger partial charge in [-0.05, 0) is 55.2 Å². The van der Waals surface area contributed by atoms with Gasteiger partial charge in [0.05, 0.1) is 6.04 Å². The quantitative estimate of drug-likeness (QED) is 0.789. The Labute approximate surface area is 142 Å². The van der Waals surface area contributed by atoms with E-state index in [9.17, 15) is 4.79 Å². The average Bonchev–Trinajstić information content (AvgIpc) is 2.64. The minimum Gasteiger partial charge on any atom is -0.381 e. The molecular formula is C19H23N3O2. The smallest absolute Gasteiger partial charge is 0.241 e. The summed E-state index contributed by atoms with van der Waals surface area (Å²) in [5, 5.41) is 6.21. The van der Waals surface area contributed by atoms with Crippen molar-refractivity contribution in [2.75, 3.05) is 23.8 Å². The second-order valence-electron chi connectivity index (χ2n) is 6.03. The van der Waals surface area contributed by atoms with Gasteiger partial charge >= 0.3 is 0 Å². The van der Waals surface area contributed by atoms with Crippen LogP contribution in [0.1, 0.15) is 12.8 Å². The molecule has 1 aliphatic heterocycles. The highest BCUT2D eigenvalue weighted by Crippen LogP contribution is 2.21. The third-order valence-electron chi connectivity index (χ3n) is 4.29. The molecule has 1 atom stereocenters. The predicted molar refractivity (Wildman–Crippen MR) is 96.3 cm³/mol. The first-order valence-corrected chi connectivity index (χ1v) is 8.29. The number of anilines is 3. The van der Waals surface area contributed by atoms with Gasteiger partial charge in [0, 0.05) is 30.3 Å². The van der Waals surface area contributed by atoms with Crippen LogP contribution in [-0.4, -0.2) is 25.2 Å². The van der Waals surface area contributed by atoms with Crippen LogP contribution in [0.15, 0.2) is 54.6 Å². The van der Waals surface area contributed by atoms with Gasteiger partial charge < -0.3 is 21.1 Å². The summed E-state index contributed by atoms with van der Waals surface area (Å²) in [6, 6.07) is 17.1. The minimum atomic E-state index is -0.490. The normalized spacial score (nSPS) is 16.4. The van der Waals surface area contributed by atoms with Crippen molar-refractivity contribution in [3.8, 4) is 0 Å². The Morgan fingerprint density at radius 1 is 0.958 bits per heavy atom. The molecule has 0 spiro atoms. The maximum Gasteiger partial charge on any atom is 0.241 e. The first kappa shape index (κ1) is 16.5. The Morgan fingerprint density at radius 3 is 2.21 bits per heavy atom. The molecule has 1 fully saturated rings. The third kappa shape index (κ3) is 4.34. The van der Waals surface area contributed by atoms with Crippen molar-refractivity contribution in [2.24, 2.45) is 11.7 Å². The molecule has 1 aliphatic rings. The topological polar surface area (TPSA) is 76.4 Å². The molecule has 24 heavy (non-hydrogen) atoms. The van der Waals surface area contributed by atoms with Crippen LogP contribution in [0.3, 0.4) is 0 Å². The molecule has 0 bridgehead atoms. The van der Waals surface area contributed by atoms with Gasteiger partial charge in [-0.3, -0.25) is 4.79 Å². The maximum absolute atomic E-state index is 12.3. The summed E-state index contributed by atoms with van der Waals surface area (Å²) >= 11 is 0. The van der Waals surface area contributed by atoms with E-state index in [-0.39, 0.29) is 11.8 Å². The van der Waals surface area contributed by atoms with Crippen LogP contribution in [0, 0.1) is 5.92 Å². The zero-order valence-electron chi connectivity index (χ0n) is 13.6. The van der Waals surface area contributed by atoms with E-state index in [1.807, 2.05) is 54.6 Å². The minimum absolute atomic E-state index is 0.134. The van der Waals surface area contributed by atoms with E-state index in [1.165, 1.54) is 0 Å². The van der Waals surface area contributed by atoms with Crippen LogP contribution in [0.25, 0.3) is 0 Å². The van der Waals surface area contributed by atoms with Gasteiger partial charge in [-0.2, -0.15) is 0 Å². The van der Waals surface area contributed by atoms with Gasteiger partial charge in [-0.1, -0.05) is 18.2 Å². The van der Waals surface area contributed by atoms with Crippen molar-refractivity contribution in [3.63, 3.8) is 0 Å². The van der Waals surface area contributed by atoms with E-state index < -0.39 is 6.04 Å². The SMILES string of the molecule is NC(C(=O)Nc1ccc(Nc2ccccc2)cc1)C1CCOCC1. The highest BCUT2D eigenvalue weighted by molar-refractivity contribution is 5.95. The molecule has 5 nitrogen and oxygen atoms in total. The van der Waals surface area contributed by atoms with Gasteiger partial charge in [-0.25, -0.2) is 0 Å². The zero-order chi connectivity index (χ0) is 16.8. The van der Waals surface area contributed by atoms with E-state index in [1.54, 1.807) is 0 Å². The fourth-order valence-corrected chi connectivity index (χ4v) is 2.84. The van der Waals surface area contributed by atoms with Gasteiger partial charge in [0.2, 0.25) is 5.91 Å². The molecule has 2 aromatic rings. The Morgan fingerprint density at radius 2 is 1.54 bits per heavy atom. The molecular weight excluding hydrogens is 302 g/mol. The molecule has 2 aromatic carbocycles. The second kappa shape index (κ2) is 7.95. The molecule has 0 aliphatic carbocycles. The lowest BCUT2D eigenvalue weighted by atomic mass is 9.92. The molecule has 5 heteroatoms. The number of ether oxygens (including phenoxy) is 1. The first-order valence-electron chi connectivity index (χ1n) is 8.29. The number of amides is 1. The van der Waals surface area contributed by atoms with Crippen LogP contribution >= 0.6 is 0 Å². The largest absolute Gasteiger partial charge is 0.381 e. The first-order chi connectivity index (χ1) is 11.7. The van der Waals surface area contributed by atoms with Crippen LogP contribution in [0.2, 0.25) is 0 Å². The van der Waals surface area contributed by atoms with E-state index >= 15 is 0 Å². The third-order valence-corrected chi connectivity index (χ3v) is 4.29. The number of nitrogens with one attached hydrogen (secondary N) is 2. The lowest BCUT2D eigenvalue weighted by Crippen LogP contribution is -2.43. The number of nitrogens with two attached hydrogens (primary N) is 1. The fraction of sp³-hybridized carbons (Fsp3) is 0.316.